The average Bonchev–Trinajstić information content (AvgIpc) is 2.30. The van der Waals surface area contributed by atoms with Crippen molar-refractivity contribution in [2.75, 3.05) is 18.9 Å². The van der Waals surface area contributed by atoms with Crippen molar-refractivity contribution in [3.05, 3.63) is 12.7 Å². The van der Waals surface area contributed by atoms with Crippen LogP contribution in [0.15, 0.2) is 17.6 Å². The van der Waals surface area contributed by atoms with Crippen LogP contribution in [0.5, 0.6) is 0 Å². The molecule has 0 radical (unpaired) electrons. The van der Waals surface area contributed by atoms with E-state index in [1.807, 2.05) is 0 Å². The van der Waals surface area contributed by atoms with Crippen molar-refractivity contribution in [3.8, 4) is 0 Å². The van der Waals surface area contributed by atoms with E-state index in [9.17, 15) is 0 Å². The lowest BCUT2D eigenvalue weighted by Crippen LogP contribution is -2.10. The Morgan fingerprint density at radius 1 is 1.59 bits per heavy atom. The fourth-order valence-corrected chi connectivity index (χ4v) is 5.38. The third-order valence-corrected chi connectivity index (χ3v) is 7.38. The van der Waals surface area contributed by atoms with Crippen molar-refractivity contribution < 1.29 is 4.52 Å². The third kappa shape index (κ3) is 9.83. The topological polar surface area (TPSA) is 33.6 Å². The average molecular weight is 294 g/mol. The summed E-state index contributed by atoms with van der Waals surface area (Å²) in [5.74, 6) is 1.61. The van der Waals surface area contributed by atoms with Crippen molar-refractivity contribution in [2.24, 2.45) is 10.9 Å². The molecule has 0 aliphatic heterocycles. The summed E-state index contributed by atoms with van der Waals surface area (Å²) in [6.07, 6.45) is 4.38. The lowest BCUT2D eigenvalue weighted by molar-refractivity contribution is 0.356. The van der Waals surface area contributed by atoms with Crippen LogP contribution in [0.4, 0.5) is 0 Å². The summed E-state index contributed by atoms with van der Waals surface area (Å²) in [5.41, 5.74) is -2.01. The van der Waals surface area contributed by atoms with Crippen LogP contribution < -0.4 is 5.09 Å². The van der Waals surface area contributed by atoms with Gasteiger partial charge in [0.15, 0.2) is 0 Å². The molecule has 0 fully saturated rings. The highest BCUT2D eigenvalue weighted by Crippen LogP contribution is 2.56. The number of nitrogens with zero attached hydrogens (tertiary/aromatic N) is 1. The molecule has 0 rings (SSSR count). The molecule has 1 N–H and O–H groups in total. The first-order valence-corrected chi connectivity index (χ1v) is 10.1. The van der Waals surface area contributed by atoms with Crippen molar-refractivity contribution in [1.82, 2.24) is 5.09 Å². The second kappa shape index (κ2) is 10.1. The van der Waals surface area contributed by atoms with Crippen LogP contribution in [0.3, 0.4) is 0 Å². The minimum Gasteiger partial charge on any atom is -0.326 e. The fraction of sp³-hybridized carbons (Fsp3) is 0.727. The van der Waals surface area contributed by atoms with E-state index in [0.717, 1.165) is 12.2 Å². The lowest BCUT2D eigenvalue weighted by Gasteiger charge is -2.21. The summed E-state index contributed by atoms with van der Waals surface area (Å²) in [6, 6.07) is 0. The van der Waals surface area contributed by atoms with Gasteiger partial charge in [0.1, 0.15) is 0 Å². The van der Waals surface area contributed by atoms with Gasteiger partial charge in [-0.05, 0) is 24.1 Å². The highest BCUT2D eigenvalue weighted by Gasteiger charge is 2.17. The van der Waals surface area contributed by atoms with Gasteiger partial charge in [0.25, 0.3) is 0 Å². The molecule has 17 heavy (non-hydrogen) atoms. The number of hydrogen-bond donors (Lipinski definition) is 1. The van der Waals surface area contributed by atoms with Gasteiger partial charge in [0, 0.05) is 5.75 Å². The van der Waals surface area contributed by atoms with E-state index in [4.69, 9.17) is 16.3 Å². The first-order chi connectivity index (χ1) is 8.04. The number of nitrogens with one attached hydrogen (secondary N) is 1. The molecular weight excluding hydrogens is 271 g/mol. The summed E-state index contributed by atoms with van der Waals surface area (Å²) in [7, 11) is 0. The molecule has 0 aromatic carbocycles. The monoisotopic (exact) mass is 294 g/mol. The summed E-state index contributed by atoms with van der Waals surface area (Å²) in [5, 5.41) is 3.15. The highest BCUT2D eigenvalue weighted by molar-refractivity contribution is 8.68. The Morgan fingerprint density at radius 2 is 2.29 bits per heavy atom. The van der Waals surface area contributed by atoms with E-state index in [-0.39, 0.29) is 0 Å². The molecule has 0 aromatic heterocycles. The smallest absolute Gasteiger partial charge is 0.211 e. The van der Waals surface area contributed by atoms with Crippen molar-refractivity contribution in [1.29, 1.82) is 0 Å². The van der Waals surface area contributed by atoms with Gasteiger partial charge >= 0.3 is 0 Å². The largest absolute Gasteiger partial charge is 0.326 e. The number of hydrogen-bond acceptors (Lipinski definition) is 4. The summed E-state index contributed by atoms with van der Waals surface area (Å²) in [6.45, 7) is 11.3. The van der Waals surface area contributed by atoms with E-state index in [0.29, 0.717) is 19.1 Å². The molecular formula is C11H23N2OPS2. The molecule has 6 heteroatoms. The predicted molar refractivity (Wildman–Crippen MR) is 84.5 cm³/mol. The zero-order valence-electron chi connectivity index (χ0n) is 10.9. The van der Waals surface area contributed by atoms with Gasteiger partial charge in [-0.3, -0.25) is 4.99 Å². The SMILES string of the molecule is C=CCN=CNP(=S)(OCCC)SCC(C)C. The molecule has 0 saturated carbocycles. The molecule has 1 atom stereocenters. The van der Waals surface area contributed by atoms with Gasteiger partial charge in [-0.25, -0.2) is 0 Å². The molecule has 1 unspecified atom stereocenters. The van der Waals surface area contributed by atoms with Crippen LogP contribution in [-0.2, 0) is 16.3 Å². The first kappa shape index (κ1) is 17.2. The van der Waals surface area contributed by atoms with Crippen molar-refractivity contribution in [2.45, 2.75) is 27.2 Å². The van der Waals surface area contributed by atoms with Crippen LogP contribution in [0, 0.1) is 5.92 Å². The Balaban J connectivity index is 4.27. The lowest BCUT2D eigenvalue weighted by atomic mass is 10.3. The maximum atomic E-state index is 5.77. The molecule has 0 amide bonds. The summed E-state index contributed by atoms with van der Waals surface area (Å²) >= 11 is 7.26. The second-order valence-electron chi connectivity index (χ2n) is 3.93. The zero-order chi connectivity index (χ0) is 13.1. The zero-order valence-corrected chi connectivity index (χ0v) is 13.4. The van der Waals surface area contributed by atoms with E-state index < -0.39 is 5.62 Å². The predicted octanol–water partition coefficient (Wildman–Crippen LogP) is 3.83. The number of aliphatic imine (C=N–C) groups is 1. The van der Waals surface area contributed by atoms with Crippen LogP contribution >= 0.6 is 17.0 Å². The van der Waals surface area contributed by atoms with Crippen molar-refractivity contribution >= 4 is 35.1 Å². The maximum absolute atomic E-state index is 5.77. The number of rotatable bonds is 10. The standard InChI is InChI=1S/C11H23N2OPS2/c1-5-7-12-10-13-15(16,14-8-6-2)17-9-11(3)4/h5,10-11H,1,6-9H2,2-4H3,(H,12,13,16). The highest BCUT2D eigenvalue weighted by atomic mass is 32.9. The van der Waals surface area contributed by atoms with E-state index in [1.54, 1.807) is 23.8 Å². The van der Waals surface area contributed by atoms with E-state index in [1.165, 1.54) is 0 Å². The minimum atomic E-state index is -2.01. The molecule has 0 heterocycles. The van der Waals surface area contributed by atoms with Gasteiger partial charge < -0.3 is 9.61 Å². The van der Waals surface area contributed by atoms with Gasteiger partial charge in [-0.2, -0.15) is 0 Å². The van der Waals surface area contributed by atoms with Crippen LogP contribution in [-0.4, -0.2) is 25.2 Å². The quantitative estimate of drug-likeness (QED) is 0.287. The van der Waals surface area contributed by atoms with Crippen LogP contribution in [0.25, 0.3) is 0 Å². The Kier molecular flexibility index (Phi) is 10.2. The molecule has 0 bridgehead atoms. The van der Waals surface area contributed by atoms with Gasteiger partial charge in [-0.15, -0.1) is 6.58 Å². The van der Waals surface area contributed by atoms with Crippen LogP contribution in [0.2, 0.25) is 0 Å². The molecule has 3 nitrogen and oxygen atoms in total. The molecule has 0 aliphatic rings. The van der Waals surface area contributed by atoms with E-state index >= 15 is 0 Å². The summed E-state index contributed by atoms with van der Waals surface area (Å²) in [4.78, 5) is 4.12. The molecule has 0 aromatic rings. The van der Waals surface area contributed by atoms with Crippen LogP contribution in [0.1, 0.15) is 27.2 Å². The van der Waals surface area contributed by atoms with Gasteiger partial charge in [-0.1, -0.05) is 38.2 Å². The Hall–Kier alpha value is 0.170. The normalized spacial score (nSPS) is 15.1. The second-order valence-corrected chi connectivity index (χ2v) is 10.6. The summed E-state index contributed by atoms with van der Waals surface area (Å²) < 4.78 is 5.77. The molecule has 0 aliphatic carbocycles. The Labute approximate surface area is 114 Å². The van der Waals surface area contributed by atoms with E-state index in [2.05, 4.69) is 37.4 Å². The maximum Gasteiger partial charge on any atom is 0.211 e. The van der Waals surface area contributed by atoms with Gasteiger partial charge in [0.05, 0.1) is 19.5 Å². The third-order valence-electron chi connectivity index (χ3n) is 1.58. The molecule has 0 spiro atoms. The first-order valence-electron chi connectivity index (χ1n) is 5.80. The molecule has 100 valence electrons. The fourth-order valence-electron chi connectivity index (χ4n) is 0.809. The van der Waals surface area contributed by atoms with Gasteiger partial charge in [0.2, 0.25) is 5.62 Å². The van der Waals surface area contributed by atoms with Crippen molar-refractivity contribution in [3.63, 3.8) is 0 Å². The Bertz CT molecular complexity index is 283. The molecule has 0 saturated heterocycles. The Morgan fingerprint density at radius 3 is 2.82 bits per heavy atom. The minimum absolute atomic E-state index is 0.602.